The van der Waals surface area contributed by atoms with Crippen molar-refractivity contribution in [2.45, 2.75) is 13.3 Å². The summed E-state index contributed by atoms with van der Waals surface area (Å²) in [7, 11) is 1.97. The topological polar surface area (TPSA) is 20.3 Å². The van der Waals surface area contributed by atoms with Gasteiger partial charge in [0.1, 0.15) is 5.78 Å². The Hall–Kier alpha value is 2.00. The van der Waals surface area contributed by atoms with Crippen molar-refractivity contribution in [1.29, 1.82) is 0 Å². The largest absolute Gasteiger partial charge is 0.396 e. The van der Waals surface area contributed by atoms with Gasteiger partial charge in [-0.2, -0.15) is 24.3 Å². The Morgan fingerprint density at radius 3 is 2.38 bits per heavy atom. The Labute approximate surface area is 173 Å². The van der Waals surface area contributed by atoms with Gasteiger partial charge >= 0.3 is 0 Å². The van der Waals surface area contributed by atoms with E-state index < -0.39 is 0 Å². The summed E-state index contributed by atoms with van der Waals surface area (Å²) in [5.41, 5.74) is 1.03. The molecule has 0 aliphatic carbocycles. The minimum absolute atomic E-state index is 0. The van der Waals surface area contributed by atoms with Gasteiger partial charge in [0.15, 0.2) is 0 Å². The molecule has 79 valence electrons. The summed E-state index contributed by atoms with van der Waals surface area (Å²) in [6, 6.07) is 10.9. The second-order valence-electron chi connectivity index (χ2n) is 3.12. The van der Waals surface area contributed by atoms with Crippen LogP contribution in [0.5, 0.6) is 0 Å². The number of ketones is 1. The van der Waals surface area contributed by atoms with Gasteiger partial charge in [0.2, 0.25) is 0 Å². The zero-order chi connectivity index (χ0) is 9.68. The van der Waals surface area contributed by atoms with Crippen LogP contribution in [0.2, 0.25) is 0 Å². The van der Waals surface area contributed by atoms with Crippen molar-refractivity contribution in [2.75, 3.05) is 18.5 Å². The fourth-order valence-electron chi connectivity index (χ4n) is 1.07. The number of hydrogen-bond acceptors (Lipinski definition) is 2. The van der Waals surface area contributed by atoms with E-state index in [9.17, 15) is 4.79 Å². The molecule has 0 heterocycles. The zero-order valence-electron chi connectivity index (χ0n) is 9.81. The van der Waals surface area contributed by atoms with E-state index in [4.69, 9.17) is 0 Å². The molecule has 0 fully saturated rings. The number of Topliss-reactive ketones (excluding diaryl/α,β-unsaturated/α-hetero) is 1. The molecule has 0 bridgehead atoms. The Morgan fingerprint density at radius 1 is 1.31 bits per heavy atom. The van der Waals surface area contributed by atoms with Crippen LogP contribution in [0.25, 0.3) is 0 Å². The maximum Gasteiger partial charge on any atom is 0.131 e. The van der Waals surface area contributed by atoms with E-state index in [0.717, 1.165) is 12.2 Å². The van der Waals surface area contributed by atoms with Crippen LogP contribution in [-0.2, 0) is 103 Å². The van der Waals surface area contributed by atoms with Crippen LogP contribution in [-0.4, -0.2) is 19.4 Å². The molecule has 16 heavy (non-hydrogen) atoms. The first-order chi connectivity index (χ1) is 6.20. The minimum atomic E-state index is 0. The molecule has 1 aromatic rings. The molecule has 0 aliphatic heterocycles. The summed E-state index contributed by atoms with van der Waals surface area (Å²) in [6.07, 6.45) is 0.596. The molecule has 0 unspecified atom stereocenters. The van der Waals surface area contributed by atoms with Crippen LogP contribution < -0.4 is 4.90 Å². The van der Waals surface area contributed by atoms with Crippen molar-refractivity contribution in [3.63, 3.8) is 0 Å². The van der Waals surface area contributed by atoms with Crippen molar-refractivity contribution >= 4 is 11.5 Å². The number of benzene rings is 1. The fraction of sp³-hybridized carbons (Fsp3) is 0.364. The van der Waals surface area contributed by atoms with E-state index in [2.05, 4.69) is 6.07 Å². The van der Waals surface area contributed by atoms with E-state index in [1.54, 1.807) is 6.92 Å². The van der Waals surface area contributed by atoms with Gasteiger partial charge in [0.05, 0.1) is 0 Å². The molecule has 0 saturated heterocycles. The van der Waals surface area contributed by atoms with E-state index in [1.165, 1.54) is 0 Å². The van der Waals surface area contributed by atoms with Crippen molar-refractivity contribution in [1.82, 2.24) is 0 Å². The van der Waals surface area contributed by atoms with E-state index in [1.807, 2.05) is 36.2 Å². The number of nitrogens with zero attached hydrogens (tertiary/aromatic N) is 1. The summed E-state index contributed by atoms with van der Waals surface area (Å²) < 4.78 is 0. The van der Waals surface area contributed by atoms with Gasteiger partial charge in [-0.05, 0) is 6.92 Å². The number of carbonyl (C=O) groups excluding carboxylic acids is 1. The van der Waals surface area contributed by atoms with Crippen molar-refractivity contribution in [3.05, 3.63) is 30.3 Å². The smallest absolute Gasteiger partial charge is 0.131 e. The van der Waals surface area contributed by atoms with Gasteiger partial charge in [0, 0.05) is 118 Å². The van der Waals surface area contributed by atoms with Crippen molar-refractivity contribution < 1.29 is 103 Å². The molecule has 0 aromatic heterocycles. The van der Waals surface area contributed by atoms with Gasteiger partial charge in [0.25, 0.3) is 0 Å². The molecule has 1 rings (SSSR count). The predicted octanol–water partition coefficient (Wildman–Crippen LogP) is 1.89. The molecule has 2 nitrogen and oxygen atoms in total. The molecular formula is C11H14NOY3-. The van der Waals surface area contributed by atoms with Gasteiger partial charge in [-0.3, -0.25) is 4.79 Å². The summed E-state index contributed by atoms with van der Waals surface area (Å²) in [5, 5.41) is 0. The third-order valence-electron chi connectivity index (χ3n) is 1.90. The third kappa shape index (κ3) is 9.97. The Kier molecular flexibility index (Phi) is 19.4. The maximum absolute atomic E-state index is 10.7. The quantitative estimate of drug-likeness (QED) is 0.664. The normalized spacial score (nSPS) is 7.88. The van der Waals surface area contributed by atoms with Gasteiger partial charge in [-0.15, -0.1) is 6.07 Å². The number of rotatable bonds is 4. The summed E-state index contributed by atoms with van der Waals surface area (Å²) in [4.78, 5) is 12.8. The molecule has 0 aliphatic rings. The average Bonchev–Trinajstić information content (AvgIpc) is 2.15. The average molecular weight is 443 g/mol. The van der Waals surface area contributed by atoms with Gasteiger partial charge in [-0.1, -0.05) is 5.69 Å². The standard InChI is InChI=1S/C11H14NO.3Y/c1-10(13)8-9-12(2)11-6-4-3-5-7-11;;;/h3-6H,8-9H2,1-2H3;;;/q-1;;;. The number of para-hydroxylation sites is 1. The number of anilines is 1. The molecule has 0 saturated carbocycles. The third-order valence-corrected chi connectivity index (χ3v) is 1.90. The van der Waals surface area contributed by atoms with Crippen molar-refractivity contribution in [3.8, 4) is 0 Å². The second-order valence-corrected chi connectivity index (χ2v) is 3.12. The van der Waals surface area contributed by atoms with Crippen LogP contribution in [0.4, 0.5) is 5.69 Å². The SMILES string of the molecule is CC(=O)CCN(C)c1[c-]cccc1.[Y].[Y].[Y]. The van der Waals surface area contributed by atoms with Crippen LogP contribution >= 0.6 is 0 Å². The molecule has 0 spiro atoms. The molecule has 5 heteroatoms. The maximum atomic E-state index is 10.7. The first kappa shape index (κ1) is 23.1. The Balaban J connectivity index is -0.000000563. The van der Waals surface area contributed by atoms with E-state index in [0.29, 0.717) is 6.42 Å². The van der Waals surface area contributed by atoms with E-state index in [-0.39, 0.29) is 104 Å². The molecule has 0 amide bonds. The zero-order valence-corrected chi connectivity index (χ0v) is 18.3. The Morgan fingerprint density at radius 2 is 1.94 bits per heavy atom. The summed E-state index contributed by atoms with van der Waals surface area (Å²) >= 11 is 0. The van der Waals surface area contributed by atoms with E-state index >= 15 is 0 Å². The fourth-order valence-corrected chi connectivity index (χ4v) is 1.07. The minimum Gasteiger partial charge on any atom is -0.396 e. The van der Waals surface area contributed by atoms with Gasteiger partial charge < -0.3 is 4.90 Å². The number of hydrogen-bond donors (Lipinski definition) is 0. The molecule has 0 atom stereocenters. The molecular weight excluding hydrogens is 429 g/mol. The summed E-state index contributed by atoms with van der Waals surface area (Å²) in [6.45, 7) is 2.37. The molecule has 0 N–H and O–H groups in total. The van der Waals surface area contributed by atoms with Crippen LogP contribution in [0.3, 0.4) is 0 Å². The van der Waals surface area contributed by atoms with Gasteiger partial charge in [-0.25, -0.2) is 0 Å². The Bertz CT molecular complexity index is 280. The van der Waals surface area contributed by atoms with Crippen molar-refractivity contribution in [2.24, 2.45) is 0 Å². The summed E-state index contributed by atoms with van der Waals surface area (Å²) in [5.74, 6) is 0.225. The van der Waals surface area contributed by atoms with Crippen LogP contribution in [0.15, 0.2) is 24.3 Å². The monoisotopic (exact) mass is 443 g/mol. The predicted molar refractivity (Wildman–Crippen MR) is 53.8 cm³/mol. The second kappa shape index (κ2) is 13.4. The molecule has 3 radical (unpaired) electrons. The van der Waals surface area contributed by atoms with Crippen LogP contribution in [0.1, 0.15) is 13.3 Å². The van der Waals surface area contributed by atoms with Crippen LogP contribution in [0, 0.1) is 6.07 Å². The number of carbonyl (C=O) groups is 1. The molecule has 1 aromatic carbocycles. The first-order valence-corrected chi connectivity index (χ1v) is 4.37. The first-order valence-electron chi connectivity index (χ1n) is 4.37.